The maximum Gasteiger partial charge on any atom is 0.332 e. The molecule has 1 heterocycles. The Morgan fingerprint density at radius 3 is 2.36 bits per heavy atom. The summed E-state index contributed by atoms with van der Waals surface area (Å²) in [5, 5.41) is 2.56. The fourth-order valence-electron chi connectivity index (χ4n) is 3.76. The van der Waals surface area contributed by atoms with Crippen molar-refractivity contribution in [3.8, 4) is 0 Å². The second-order valence-electron chi connectivity index (χ2n) is 7.83. The number of anilines is 2. The molecule has 33 heavy (non-hydrogen) atoms. The fraction of sp³-hybridized carbons (Fsp3) is 0.160. The highest BCUT2D eigenvalue weighted by molar-refractivity contribution is 6.22. The first-order chi connectivity index (χ1) is 15.8. The molecule has 8 heteroatoms. The fourth-order valence-corrected chi connectivity index (χ4v) is 3.76. The van der Waals surface area contributed by atoms with E-state index in [0.717, 1.165) is 16.5 Å². The molecule has 168 valence electrons. The predicted molar refractivity (Wildman–Crippen MR) is 119 cm³/mol. The van der Waals surface area contributed by atoms with E-state index in [9.17, 15) is 23.2 Å². The molecule has 1 saturated heterocycles. The van der Waals surface area contributed by atoms with Crippen LogP contribution in [0.3, 0.4) is 0 Å². The zero-order valence-electron chi connectivity index (χ0n) is 17.8. The Bertz CT molecular complexity index is 1210. The van der Waals surface area contributed by atoms with E-state index in [0.29, 0.717) is 11.3 Å². The number of hydrogen-bond donors (Lipinski definition) is 1. The Morgan fingerprint density at radius 1 is 0.939 bits per heavy atom. The molecule has 1 aliphatic heterocycles. The van der Waals surface area contributed by atoms with Crippen LogP contribution in [-0.4, -0.2) is 28.8 Å². The van der Waals surface area contributed by atoms with Gasteiger partial charge in [0.2, 0.25) is 5.91 Å². The number of carbonyl (C=O) groups excluding carboxylic acids is 3. The summed E-state index contributed by atoms with van der Waals surface area (Å²) in [6.07, 6.45) is -0.315. The Hall–Kier alpha value is -4.07. The van der Waals surface area contributed by atoms with Crippen LogP contribution in [0.4, 0.5) is 25.0 Å². The van der Waals surface area contributed by atoms with Crippen molar-refractivity contribution in [2.75, 3.05) is 10.2 Å². The van der Waals surface area contributed by atoms with Gasteiger partial charge in [-0.3, -0.25) is 9.59 Å². The van der Waals surface area contributed by atoms with E-state index >= 15 is 0 Å². The van der Waals surface area contributed by atoms with Gasteiger partial charge in [0, 0.05) is 12.2 Å². The molecule has 1 N–H and O–H groups in total. The topological polar surface area (TPSA) is 69.7 Å². The summed E-state index contributed by atoms with van der Waals surface area (Å²) in [5.41, 5.74) is 2.13. The second-order valence-corrected chi connectivity index (χ2v) is 7.83. The van der Waals surface area contributed by atoms with Crippen molar-refractivity contribution in [1.29, 1.82) is 0 Å². The van der Waals surface area contributed by atoms with Crippen molar-refractivity contribution < 1.29 is 23.2 Å². The number of carbonyl (C=O) groups is 3. The lowest BCUT2D eigenvalue weighted by molar-refractivity contribution is -0.124. The number of nitrogens with one attached hydrogen (secondary N) is 1. The van der Waals surface area contributed by atoms with Crippen molar-refractivity contribution in [2.24, 2.45) is 0 Å². The number of aryl methyl sites for hydroxylation is 1. The van der Waals surface area contributed by atoms with E-state index in [1.54, 1.807) is 18.2 Å². The average Bonchev–Trinajstić information content (AvgIpc) is 2.99. The lowest BCUT2D eigenvalue weighted by Gasteiger charge is -2.21. The molecule has 0 bridgehead atoms. The van der Waals surface area contributed by atoms with Gasteiger partial charge in [-0.2, -0.15) is 0 Å². The Morgan fingerprint density at radius 2 is 1.67 bits per heavy atom. The predicted octanol–water partition coefficient (Wildman–Crippen LogP) is 4.64. The minimum atomic E-state index is -1.07. The summed E-state index contributed by atoms with van der Waals surface area (Å²) in [6.45, 7) is 1.86. The molecule has 0 aliphatic carbocycles. The maximum atomic E-state index is 13.4. The van der Waals surface area contributed by atoms with Crippen molar-refractivity contribution in [1.82, 2.24) is 4.90 Å². The molecule has 4 amide bonds. The van der Waals surface area contributed by atoms with Crippen LogP contribution in [0.5, 0.6) is 0 Å². The molecule has 0 aromatic heterocycles. The average molecular weight is 449 g/mol. The highest BCUT2D eigenvalue weighted by atomic mass is 19.1. The number of halogens is 2. The van der Waals surface area contributed by atoms with Gasteiger partial charge in [-0.1, -0.05) is 30.3 Å². The normalized spacial score (nSPS) is 15.8. The smallest absolute Gasteiger partial charge is 0.326 e. The summed E-state index contributed by atoms with van der Waals surface area (Å²) in [6, 6.07) is 16.3. The first-order valence-electron chi connectivity index (χ1n) is 10.3. The third-order valence-electron chi connectivity index (χ3n) is 5.33. The number of hydrogen-bond acceptors (Lipinski definition) is 3. The number of imide groups is 1. The molecule has 0 saturated carbocycles. The van der Waals surface area contributed by atoms with Gasteiger partial charge in [0.1, 0.15) is 17.7 Å². The van der Waals surface area contributed by atoms with Gasteiger partial charge >= 0.3 is 6.03 Å². The summed E-state index contributed by atoms with van der Waals surface area (Å²) < 4.78 is 26.8. The van der Waals surface area contributed by atoms with Crippen molar-refractivity contribution >= 4 is 29.2 Å². The van der Waals surface area contributed by atoms with Crippen LogP contribution in [-0.2, 0) is 16.1 Å². The zero-order valence-corrected chi connectivity index (χ0v) is 17.8. The number of urea groups is 1. The van der Waals surface area contributed by atoms with Crippen molar-refractivity contribution in [3.05, 3.63) is 95.6 Å². The quantitative estimate of drug-likeness (QED) is 0.558. The Labute approximate surface area is 189 Å². The Kier molecular flexibility index (Phi) is 6.17. The lowest BCUT2D eigenvalue weighted by atomic mass is 10.1. The third kappa shape index (κ3) is 4.90. The zero-order chi connectivity index (χ0) is 23.5. The summed E-state index contributed by atoms with van der Waals surface area (Å²) in [4.78, 5) is 41.6. The van der Waals surface area contributed by atoms with Crippen LogP contribution in [0, 0.1) is 18.6 Å². The first-order valence-corrected chi connectivity index (χ1v) is 10.3. The van der Waals surface area contributed by atoms with Gasteiger partial charge in [-0.15, -0.1) is 0 Å². The van der Waals surface area contributed by atoms with E-state index in [-0.39, 0.29) is 18.7 Å². The van der Waals surface area contributed by atoms with Crippen molar-refractivity contribution in [3.63, 3.8) is 0 Å². The van der Waals surface area contributed by atoms with E-state index < -0.39 is 35.5 Å². The lowest BCUT2D eigenvalue weighted by Crippen LogP contribution is -2.37. The first kappa shape index (κ1) is 22.1. The highest BCUT2D eigenvalue weighted by Crippen LogP contribution is 2.29. The molecule has 4 rings (SSSR count). The van der Waals surface area contributed by atoms with Crippen molar-refractivity contribution in [2.45, 2.75) is 25.9 Å². The largest absolute Gasteiger partial charge is 0.332 e. The van der Waals surface area contributed by atoms with E-state index in [2.05, 4.69) is 5.32 Å². The molecule has 3 aromatic carbocycles. The highest BCUT2D eigenvalue weighted by Gasteiger charge is 2.46. The molecule has 3 aromatic rings. The molecular weight excluding hydrogens is 428 g/mol. The molecule has 0 radical (unpaired) electrons. The van der Waals surface area contributed by atoms with Crippen LogP contribution in [0.2, 0.25) is 0 Å². The number of rotatable bonds is 6. The minimum Gasteiger partial charge on any atom is -0.326 e. The third-order valence-corrected chi connectivity index (χ3v) is 5.33. The molecular formula is C25H21F2N3O3. The number of benzene rings is 3. The minimum absolute atomic E-state index is 0.0189. The standard InChI is InChI=1S/C25H21F2N3O3/c1-16-4-2-7-21(12-16)30-24(32)22(14-23(31)28-20-6-3-5-19(27)13-20)29(25(30)33)15-17-8-10-18(26)11-9-17/h2-13,22H,14-15H2,1H3,(H,28,31)/t22-/m1/s1. The van der Waals surface area contributed by atoms with Crippen LogP contribution in [0.15, 0.2) is 72.8 Å². The van der Waals surface area contributed by atoms with Gasteiger partial charge in [-0.25, -0.2) is 18.5 Å². The van der Waals surface area contributed by atoms with Gasteiger partial charge in [0.15, 0.2) is 0 Å². The van der Waals surface area contributed by atoms with E-state index in [1.165, 1.54) is 47.4 Å². The molecule has 0 unspecified atom stereocenters. The van der Waals surface area contributed by atoms with E-state index in [1.807, 2.05) is 13.0 Å². The number of amides is 4. The molecule has 0 spiro atoms. The van der Waals surface area contributed by atoms with Gasteiger partial charge in [0.25, 0.3) is 5.91 Å². The van der Waals surface area contributed by atoms with Gasteiger partial charge < -0.3 is 10.2 Å². The molecule has 6 nitrogen and oxygen atoms in total. The SMILES string of the molecule is Cc1cccc(N2C(=O)[C@@H](CC(=O)Nc3cccc(F)c3)N(Cc3ccc(F)cc3)C2=O)c1. The number of nitrogens with zero attached hydrogens (tertiary/aromatic N) is 2. The molecule has 1 aliphatic rings. The van der Waals surface area contributed by atoms with E-state index in [4.69, 9.17) is 0 Å². The van der Waals surface area contributed by atoms with Crippen LogP contribution in [0.25, 0.3) is 0 Å². The summed E-state index contributed by atoms with van der Waals surface area (Å²) >= 11 is 0. The summed E-state index contributed by atoms with van der Waals surface area (Å²) in [5.74, 6) is -2.01. The van der Waals surface area contributed by atoms with Crippen LogP contribution < -0.4 is 10.2 Å². The maximum absolute atomic E-state index is 13.4. The van der Waals surface area contributed by atoms with Crippen LogP contribution in [0.1, 0.15) is 17.5 Å². The summed E-state index contributed by atoms with van der Waals surface area (Å²) in [7, 11) is 0. The van der Waals surface area contributed by atoms with Gasteiger partial charge in [-0.05, 0) is 60.5 Å². The molecule has 1 fully saturated rings. The van der Waals surface area contributed by atoms with Gasteiger partial charge in [0.05, 0.1) is 12.1 Å². The monoisotopic (exact) mass is 449 g/mol. The van der Waals surface area contributed by atoms with Crippen LogP contribution >= 0.6 is 0 Å². The Balaban J connectivity index is 1.61. The molecule has 1 atom stereocenters. The second kappa shape index (κ2) is 9.20.